The third-order valence-electron chi connectivity index (χ3n) is 1.21. The van der Waals surface area contributed by atoms with E-state index in [2.05, 4.69) is 10.5 Å². The molecule has 12 heavy (non-hydrogen) atoms. The minimum absolute atomic E-state index is 0.163. The summed E-state index contributed by atoms with van der Waals surface area (Å²) in [6.07, 6.45) is 1.21. The average molecular weight is 174 g/mol. The van der Waals surface area contributed by atoms with Crippen molar-refractivity contribution >= 4 is 11.7 Å². The first-order chi connectivity index (χ1) is 5.66. The first-order valence-electron chi connectivity index (χ1n) is 3.62. The van der Waals surface area contributed by atoms with Crippen LogP contribution in [0.2, 0.25) is 0 Å². The number of oxime groups is 1. The van der Waals surface area contributed by atoms with E-state index in [1.807, 2.05) is 0 Å². The summed E-state index contributed by atoms with van der Waals surface area (Å²) in [4.78, 5) is 10.2. The number of nitrogens with two attached hydrogens (primary N) is 2. The van der Waals surface area contributed by atoms with E-state index in [1.165, 1.54) is 0 Å². The van der Waals surface area contributed by atoms with Gasteiger partial charge in [-0.05, 0) is 13.0 Å². The normalized spacial score (nSPS) is 11.5. The number of carbonyl (C=O) groups excluding carboxylic acids is 1. The predicted molar refractivity (Wildman–Crippen MR) is 44.7 cm³/mol. The SMILES string of the molecule is NC(=O)CNCCCC(N)=NO. The Morgan fingerprint density at radius 2 is 2.17 bits per heavy atom. The molecule has 0 fully saturated rings. The van der Waals surface area contributed by atoms with Gasteiger partial charge in [-0.1, -0.05) is 5.16 Å². The van der Waals surface area contributed by atoms with Crippen molar-refractivity contribution in [3.8, 4) is 0 Å². The topological polar surface area (TPSA) is 114 Å². The van der Waals surface area contributed by atoms with E-state index >= 15 is 0 Å². The molecule has 0 rings (SSSR count). The van der Waals surface area contributed by atoms with Crippen molar-refractivity contribution in [2.75, 3.05) is 13.1 Å². The zero-order valence-corrected chi connectivity index (χ0v) is 6.79. The molecule has 6 N–H and O–H groups in total. The average Bonchev–Trinajstić information content (AvgIpc) is 2.03. The summed E-state index contributed by atoms with van der Waals surface area (Å²) in [5.74, 6) is -0.199. The van der Waals surface area contributed by atoms with Crippen molar-refractivity contribution in [2.45, 2.75) is 12.8 Å². The summed E-state index contributed by atoms with van der Waals surface area (Å²) in [5.41, 5.74) is 10.1. The Hall–Kier alpha value is -1.30. The van der Waals surface area contributed by atoms with Crippen LogP contribution in [0.1, 0.15) is 12.8 Å². The molecule has 1 amide bonds. The monoisotopic (exact) mass is 174 g/mol. The number of carbonyl (C=O) groups is 1. The van der Waals surface area contributed by atoms with Crippen molar-refractivity contribution in [3.63, 3.8) is 0 Å². The molecular formula is C6H14N4O2. The molecule has 0 aliphatic heterocycles. The number of hydrogen-bond donors (Lipinski definition) is 4. The van der Waals surface area contributed by atoms with Crippen molar-refractivity contribution in [2.24, 2.45) is 16.6 Å². The van der Waals surface area contributed by atoms with E-state index < -0.39 is 5.91 Å². The van der Waals surface area contributed by atoms with Gasteiger partial charge in [0.1, 0.15) is 5.84 Å². The highest BCUT2D eigenvalue weighted by Gasteiger charge is 1.94. The number of nitrogens with one attached hydrogen (secondary N) is 1. The fourth-order valence-electron chi connectivity index (χ4n) is 0.656. The van der Waals surface area contributed by atoms with Crippen LogP contribution in [0.3, 0.4) is 0 Å². The zero-order chi connectivity index (χ0) is 9.40. The van der Waals surface area contributed by atoms with Gasteiger partial charge in [0.15, 0.2) is 0 Å². The summed E-state index contributed by atoms with van der Waals surface area (Å²) < 4.78 is 0. The number of primary amides is 1. The van der Waals surface area contributed by atoms with Gasteiger partial charge < -0.3 is 22.0 Å². The second-order valence-corrected chi connectivity index (χ2v) is 2.34. The molecule has 0 aliphatic carbocycles. The summed E-state index contributed by atoms with van der Waals surface area (Å²) in [6.45, 7) is 0.787. The Labute approximate surface area is 70.6 Å². The van der Waals surface area contributed by atoms with Gasteiger partial charge in [-0.2, -0.15) is 0 Å². The standard InChI is InChI=1S/C6H14N4O2/c7-5(10-12)2-1-3-9-4-6(8)11/h9,12H,1-4H2,(H2,7,10)(H2,8,11). The van der Waals surface area contributed by atoms with E-state index in [0.29, 0.717) is 19.4 Å². The van der Waals surface area contributed by atoms with Crippen LogP contribution in [0.15, 0.2) is 5.16 Å². The smallest absolute Gasteiger partial charge is 0.231 e. The van der Waals surface area contributed by atoms with Crippen LogP contribution in [0.25, 0.3) is 0 Å². The molecule has 0 saturated carbocycles. The number of hydrogen-bond acceptors (Lipinski definition) is 4. The van der Waals surface area contributed by atoms with Gasteiger partial charge in [0.2, 0.25) is 5.91 Å². The van der Waals surface area contributed by atoms with E-state index in [-0.39, 0.29) is 12.4 Å². The maximum atomic E-state index is 10.2. The Bertz CT molecular complexity index is 169. The Morgan fingerprint density at radius 1 is 1.50 bits per heavy atom. The zero-order valence-electron chi connectivity index (χ0n) is 6.79. The van der Waals surface area contributed by atoms with E-state index in [4.69, 9.17) is 16.7 Å². The van der Waals surface area contributed by atoms with Gasteiger partial charge in [-0.15, -0.1) is 0 Å². The lowest BCUT2D eigenvalue weighted by atomic mass is 10.3. The molecule has 0 radical (unpaired) electrons. The fraction of sp³-hybridized carbons (Fsp3) is 0.667. The van der Waals surface area contributed by atoms with Crippen LogP contribution in [0.4, 0.5) is 0 Å². The highest BCUT2D eigenvalue weighted by molar-refractivity contribution is 5.79. The predicted octanol–water partition coefficient (Wildman–Crippen LogP) is -1.41. The van der Waals surface area contributed by atoms with E-state index in [1.54, 1.807) is 0 Å². The van der Waals surface area contributed by atoms with Crippen LogP contribution in [-0.4, -0.2) is 30.0 Å². The Kier molecular flexibility index (Phi) is 5.72. The molecule has 0 aromatic rings. The van der Waals surface area contributed by atoms with Gasteiger partial charge >= 0.3 is 0 Å². The van der Waals surface area contributed by atoms with Gasteiger partial charge in [-0.25, -0.2) is 0 Å². The maximum absolute atomic E-state index is 10.2. The molecular weight excluding hydrogens is 160 g/mol. The Morgan fingerprint density at radius 3 is 2.67 bits per heavy atom. The van der Waals surface area contributed by atoms with Crippen LogP contribution in [-0.2, 0) is 4.79 Å². The van der Waals surface area contributed by atoms with Gasteiger partial charge in [-0.3, -0.25) is 4.79 Å². The fourth-order valence-corrected chi connectivity index (χ4v) is 0.656. The van der Waals surface area contributed by atoms with Crippen LogP contribution >= 0.6 is 0 Å². The molecule has 70 valence electrons. The summed E-state index contributed by atoms with van der Waals surface area (Å²) in [7, 11) is 0. The molecule has 0 saturated heterocycles. The third-order valence-corrected chi connectivity index (χ3v) is 1.21. The Balaban J connectivity index is 3.16. The molecule has 0 bridgehead atoms. The molecule has 6 heteroatoms. The molecule has 0 heterocycles. The van der Waals surface area contributed by atoms with Crippen LogP contribution in [0.5, 0.6) is 0 Å². The van der Waals surface area contributed by atoms with Crippen molar-refractivity contribution in [3.05, 3.63) is 0 Å². The van der Waals surface area contributed by atoms with E-state index in [0.717, 1.165) is 0 Å². The lowest BCUT2D eigenvalue weighted by molar-refractivity contribution is -0.117. The molecule has 6 nitrogen and oxygen atoms in total. The summed E-state index contributed by atoms with van der Waals surface area (Å²) >= 11 is 0. The highest BCUT2D eigenvalue weighted by Crippen LogP contribution is 1.85. The molecule has 0 aromatic heterocycles. The number of amidine groups is 1. The first kappa shape index (κ1) is 10.7. The molecule has 0 atom stereocenters. The van der Waals surface area contributed by atoms with Gasteiger partial charge in [0.05, 0.1) is 6.54 Å². The van der Waals surface area contributed by atoms with Crippen LogP contribution < -0.4 is 16.8 Å². The van der Waals surface area contributed by atoms with Gasteiger partial charge in [0.25, 0.3) is 0 Å². The lowest BCUT2D eigenvalue weighted by Crippen LogP contribution is -2.29. The van der Waals surface area contributed by atoms with Crippen molar-refractivity contribution in [1.29, 1.82) is 0 Å². The minimum atomic E-state index is -0.390. The second-order valence-electron chi connectivity index (χ2n) is 2.34. The maximum Gasteiger partial charge on any atom is 0.231 e. The minimum Gasteiger partial charge on any atom is -0.409 e. The second kappa shape index (κ2) is 6.41. The summed E-state index contributed by atoms with van der Waals surface area (Å²) in [5, 5.41) is 13.7. The number of rotatable bonds is 6. The largest absolute Gasteiger partial charge is 0.409 e. The quantitative estimate of drug-likeness (QED) is 0.130. The van der Waals surface area contributed by atoms with Crippen molar-refractivity contribution in [1.82, 2.24) is 5.32 Å². The number of amides is 1. The highest BCUT2D eigenvalue weighted by atomic mass is 16.4. The summed E-state index contributed by atoms with van der Waals surface area (Å²) in [6, 6.07) is 0. The molecule has 0 unspecified atom stereocenters. The lowest BCUT2D eigenvalue weighted by Gasteiger charge is -2.00. The van der Waals surface area contributed by atoms with Crippen LogP contribution in [0, 0.1) is 0 Å². The molecule has 0 aromatic carbocycles. The third kappa shape index (κ3) is 6.81. The first-order valence-corrected chi connectivity index (χ1v) is 3.62. The van der Waals surface area contributed by atoms with E-state index in [9.17, 15) is 4.79 Å². The molecule has 0 spiro atoms. The number of nitrogens with zero attached hydrogens (tertiary/aromatic N) is 1. The molecule has 0 aliphatic rings. The van der Waals surface area contributed by atoms with Gasteiger partial charge in [0, 0.05) is 6.42 Å². The van der Waals surface area contributed by atoms with Crippen molar-refractivity contribution < 1.29 is 10.0 Å².